The molecule has 4 aromatic rings. The van der Waals surface area contributed by atoms with E-state index in [0.29, 0.717) is 97.8 Å². The van der Waals surface area contributed by atoms with Gasteiger partial charge in [-0.3, -0.25) is 33.9 Å². The average molecular weight is 988 g/mol. The van der Waals surface area contributed by atoms with Gasteiger partial charge in [0.15, 0.2) is 11.5 Å². The molecule has 14 nitrogen and oxygen atoms in total. The third-order valence-corrected chi connectivity index (χ3v) is 14.0. The van der Waals surface area contributed by atoms with Gasteiger partial charge in [-0.1, -0.05) is 109 Å². The van der Waals surface area contributed by atoms with Gasteiger partial charge in [0.1, 0.15) is 21.9 Å². The Balaban J connectivity index is 1.16. The zero-order valence-electron chi connectivity index (χ0n) is 38.0. The van der Waals surface area contributed by atoms with E-state index < -0.39 is 5.91 Å². The summed E-state index contributed by atoms with van der Waals surface area (Å²) in [5.41, 5.74) is 4.63. The van der Waals surface area contributed by atoms with Crippen LogP contribution in [0.4, 0.5) is 0 Å². The van der Waals surface area contributed by atoms with E-state index in [4.69, 9.17) is 48.1 Å². The van der Waals surface area contributed by atoms with Crippen molar-refractivity contribution in [2.45, 2.75) is 27.1 Å². The number of rotatable bonds is 25. The fraction of sp³-hybridized carbons (Fsp3) is 0.388. The maximum Gasteiger partial charge on any atom is 0.263 e. The summed E-state index contributed by atoms with van der Waals surface area (Å²) >= 11 is 13.8. The van der Waals surface area contributed by atoms with Crippen LogP contribution >= 0.6 is 48.0 Å². The molecule has 0 bridgehead atoms. The van der Waals surface area contributed by atoms with Crippen LogP contribution in [0, 0.1) is 13.8 Å². The normalized spacial score (nSPS) is 13.6. The zero-order valence-corrected chi connectivity index (χ0v) is 41.3. The van der Waals surface area contributed by atoms with Crippen molar-refractivity contribution in [2.75, 3.05) is 97.5 Å². The molecule has 67 heavy (non-hydrogen) atoms. The summed E-state index contributed by atoms with van der Waals surface area (Å²) < 4.78 is 30.4. The monoisotopic (exact) mass is 987 g/mol. The molecule has 2 aliphatic rings. The Morgan fingerprint density at radius 3 is 1.57 bits per heavy atom. The summed E-state index contributed by atoms with van der Waals surface area (Å²) in [5, 5.41) is 6.09. The quantitative estimate of drug-likeness (QED) is 0.0547. The second kappa shape index (κ2) is 26.6. The van der Waals surface area contributed by atoms with Crippen LogP contribution in [0.25, 0.3) is 0 Å². The molecule has 6 rings (SSSR count). The molecule has 356 valence electrons. The number of nitrogens with one attached hydrogen (secondary N) is 2. The Morgan fingerprint density at radius 2 is 1.03 bits per heavy atom. The van der Waals surface area contributed by atoms with Crippen LogP contribution in [-0.2, 0) is 27.4 Å². The van der Waals surface area contributed by atoms with E-state index in [2.05, 4.69) is 15.5 Å². The van der Waals surface area contributed by atoms with Crippen molar-refractivity contribution < 1.29 is 42.9 Å². The van der Waals surface area contributed by atoms with E-state index in [1.807, 2.05) is 74.5 Å². The van der Waals surface area contributed by atoms with Gasteiger partial charge >= 0.3 is 0 Å². The summed E-state index contributed by atoms with van der Waals surface area (Å²) in [6, 6.07) is 25.7. The smallest absolute Gasteiger partial charge is 0.263 e. The highest BCUT2D eigenvalue weighted by molar-refractivity contribution is 8.23. The summed E-state index contributed by atoms with van der Waals surface area (Å²) in [5.74, 6) is 0.579. The first-order chi connectivity index (χ1) is 32.6. The second-order valence-electron chi connectivity index (χ2n) is 15.5. The minimum atomic E-state index is -0.422. The van der Waals surface area contributed by atoms with Gasteiger partial charge in [-0.25, -0.2) is 0 Å². The molecule has 2 N–H and O–H groups in total. The number of methoxy groups -OCH3 is 1. The van der Waals surface area contributed by atoms with Gasteiger partial charge in [0, 0.05) is 75.6 Å². The molecule has 0 unspecified atom stereocenters. The van der Waals surface area contributed by atoms with E-state index in [1.54, 1.807) is 41.2 Å². The minimum absolute atomic E-state index is 0.114. The summed E-state index contributed by atoms with van der Waals surface area (Å²) in [4.78, 5) is 60.4. The molecule has 0 atom stereocenters. The van der Waals surface area contributed by atoms with E-state index in [1.165, 1.54) is 23.5 Å². The molecule has 0 spiro atoms. The largest absolute Gasteiger partial charge is 0.484 e. The van der Waals surface area contributed by atoms with E-state index in [9.17, 15) is 19.2 Å². The van der Waals surface area contributed by atoms with Gasteiger partial charge in [-0.15, -0.1) is 0 Å². The van der Waals surface area contributed by atoms with Crippen LogP contribution in [0.5, 0.6) is 11.5 Å². The highest BCUT2D eigenvalue weighted by Crippen LogP contribution is 2.38. The Morgan fingerprint density at radius 1 is 0.582 bits per heavy atom. The number of hydrogen-bond donors (Lipinski definition) is 2. The Kier molecular flexibility index (Phi) is 20.4. The SMILES string of the molecule is COCCOCCOCCN(CCNC(=O)c1ccc(C(=O)N2CCSC2=S)c(C)c1C)CCNC(=O)c1ccc(C(=O)N2CCSC2=S)c(OCc2ccccc2)c1OCc1ccccc1. The predicted octanol–water partition coefficient (Wildman–Crippen LogP) is 6.55. The van der Waals surface area contributed by atoms with Crippen molar-refractivity contribution >= 4 is 80.2 Å². The average Bonchev–Trinajstić information content (AvgIpc) is 3.98. The van der Waals surface area contributed by atoms with Gasteiger partial charge in [0.25, 0.3) is 23.6 Å². The number of ether oxygens (including phenoxy) is 5. The molecular formula is C49H57N5O9S4. The minimum Gasteiger partial charge on any atom is -0.484 e. The summed E-state index contributed by atoms with van der Waals surface area (Å²) in [7, 11) is 1.62. The summed E-state index contributed by atoms with van der Waals surface area (Å²) in [6.07, 6.45) is 0. The molecule has 2 saturated heterocycles. The van der Waals surface area contributed by atoms with Gasteiger partial charge in [-0.2, -0.15) is 0 Å². The standard InChI is InChI=1S/C49H57N5O9S4/c1-34-35(2)39(46(57)53-23-30-66-48(53)64)15-14-38(34)44(55)50-18-20-52(22-25-60-28-29-61-27-26-59-3)21-19-51-45(56)40-16-17-41(47(58)54-24-31-67-49(54)65)43(63-33-37-12-8-5-9-13-37)42(40)62-32-36-10-6-4-7-11-36/h4-17H,18-33H2,1-3H3,(H,50,55)(H,51,56). The van der Waals surface area contributed by atoms with Gasteiger partial charge in [0.2, 0.25) is 0 Å². The highest BCUT2D eigenvalue weighted by Gasteiger charge is 2.32. The number of thioether (sulfide) groups is 2. The molecule has 0 aliphatic carbocycles. The molecule has 2 fully saturated rings. The Hall–Kier alpha value is -4.92. The summed E-state index contributed by atoms with van der Waals surface area (Å²) in [6.45, 7) is 9.02. The first-order valence-corrected chi connectivity index (χ1v) is 24.9. The number of carbonyl (C=O) groups excluding carboxylic acids is 4. The van der Waals surface area contributed by atoms with Crippen molar-refractivity contribution in [2.24, 2.45) is 0 Å². The lowest BCUT2D eigenvalue weighted by Crippen LogP contribution is -2.41. The molecular weight excluding hydrogens is 931 g/mol. The number of hydrogen-bond acceptors (Lipinski definition) is 14. The first-order valence-electron chi connectivity index (χ1n) is 22.1. The Bertz CT molecular complexity index is 2360. The van der Waals surface area contributed by atoms with Gasteiger partial charge < -0.3 is 34.3 Å². The van der Waals surface area contributed by atoms with Crippen molar-refractivity contribution in [1.82, 2.24) is 25.3 Å². The van der Waals surface area contributed by atoms with Crippen molar-refractivity contribution in [3.05, 3.63) is 129 Å². The van der Waals surface area contributed by atoms with Crippen LogP contribution in [0.15, 0.2) is 84.9 Å². The maximum atomic E-state index is 14.2. The van der Waals surface area contributed by atoms with Crippen LogP contribution in [0.1, 0.15) is 63.7 Å². The van der Waals surface area contributed by atoms with Crippen molar-refractivity contribution in [1.29, 1.82) is 0 Å². The van der Waals surface area contributed by atoms with Gasteiger partial charge in [0.05, 0.1) is 44.2 Å². The molecule has 0 radical (unpaired) electrons. The molecule has 0 saturated carbocycles. The van der Waals surface area contributed by atoms with Gasteiger partial charge in [-0.05, 0) is 60.4 Å². The second-order valence-corrected chi connectivity index (χ2v) is 18.9. The Labute approximate surface area is 411 Å². The third-order valence-electron chi connectivity index (χ3n) is 11.1. The maximum absolute atomic E-state index is 14.2. The van der Waals surface area contributed by atoms with Crippen LogP contribution in [-0.4, -0.2) is 144 Å². The van der Waals surface area contributed by atoms with E-state index in [0.717, 1.165) is 28.0 Å². The van der Waals surface area contributed by atoms with Crippen LogP contribution in [0.3, 0.4) is 0 Å². The molecule has 18 heteroatoms. The zero-order chi connectivity index (χ0) is 47.5. The predicted molar refractivity (Wildman–Crippen MR) is 271 cm³/mol. The van der Waals surface area contributed by atoms with E-state index >= 15 is 0 Å². The van der Waals surface area contributed by atoms with Crippen molar-refractivity contribution in [3.63, 3.8) is 0 Å². The number of carbonyl (C=O) groups is 4. The molecule has 4 amide bonds. The number of nitrogens with zero attached hydrogens (tertiary/aromatic N) is 3. The first kappa shape index (κ1) is 51.5. The van der Waals surface area contributed by atoms with Crippen LogP contribution < -0.4 is 20.1 Å². The lowest BCUT2D eigenvalue weighted by atomic mass is 9.96. The van der Waals surface area contributed by atoms with Crippen molar-refractivity contribution in [3.8, 4) is 11.5 Å². The lowest BCUT2D eigenvalue weighted by Gasteiger charge is -2.24. The fourth-order valence-electron chi connectivity index (χ4n) is 7.24. The van der Waals surface area contributed by atoms with E-state index in [-0.39, 0.29) is 60.1 Å². The third kappa shape index (κ3) is 14.5. The lowest BCUT2D eigenvalue weighted by molar-refractivity contribution is 0.0196. The number of thiocarbonyl (C=S) groups is 2. The highest BCUT2D eigenvalue weighted by atomic mass is 32.2. The fourth-order valence-corrected chi connectivity index (χ4v) is 9.65. The molecule has 4 aromatic carbocycles. The molecule has 0 aromatic heterocycles. The number of benzene rings is 4. The molecule has 2 heterocycles. The number of amides is 4. The topological polar surface area (TPSA) is 148 Å². The molecule has 2 aliphatic heterocycles. The van der Waals surface area contributed by atoms with Crippen LogP contribution in [0.2, 0.25) is 0 Å².